The third kappa shape index (κ3) is 3.63. The molecular weight excluding hydrogens is 256 g/mol. The number of amides is 3. The number of nitrogen functional groups attached to an aromatic ring is 1. The van der Waals surface area contributed by atoms with Gasteiger partial charge in [-0.05, 0) is 31.0 Å². The van der Waals surface area contributed by atoms with Crippen molar-refractivity contribution in [3.63, 3.8) is 0 Å². The summed E-state index contributed by atoms with van der Waals surface area (Å²) in [5.41, 5.74) is 12.1. The van der Waals surface area contributed by atoms with E-state index in [1.165, 1.54) is 4.90 Å². The van der Waals surface area contributed by atoms with Gasteiger partial charge < -0.3 is 21.7 Å². The highest BCUT2D eigenvalue weighted by atomic mass is 16.2. The highest BCUT2D eigenvalue weighted by Crippen LogP contribution is 2.24. The molecule has 0 spiro atoms. The van der Waals surface area contributed by atoms with E-state index < -0.39 is 5.91 Å². The first kappa shape index (κ1) is 14.2. The maximum atomic E-state index is 12.3. The van der Waals surface area contributed by atoms with Crippen LogP contribution in [0.5, 0.6) is 0 Å². The molecule has 1 aliphatic carbocycles. The van der Waals surface area contributed by atoms with Gasteiger partial charge in [0.15, 0.2) is 0 Å². The van der Waals surface area contributed by atoms with Gasteiger partial charge in [-0.25, -0.2) is 4.79 Å². The van der Waals surface area contributed by atoms with E-state index >= 15 is 0 Å². The van der Waals surface area contributed by atoms with Crippen molar-refractivity contribution in [3.8, 4) is 0 Å². The minimum absolute atomic E-state index is 0.0567. The molecule has 0 unspecified atom stereocenters. The highest BCUT2D eigenvalue weighted by molar-refractivity contribution is 5.92. The van der Waals surface area contributed by atoms with Gasteiger partial charge in [-0.3, -0.25) is 4.79 Å². The van der Waals surface area contributed by atoms with E-state index in [9.17, 15) is 9.59 Å². The van der Waals surface area contributed by atoms with Crippen LogP contribution in [-0.4, -0.2) is 29.4 Å². The molecular formula is C14H20N4O2. The minimum Gasteiger partial charge on any atom is -0.399 e. The van der Waals surface area contributed by atoms with E-state index in [1.54, 1.807) is 24.3 Å². The summed E-state index contributed by atoms with van der Waals surface area (Å²) in [5.74, 6) is -0.500. The number of nitrogens with two attached hydrogens (primary N) is 2. The third-order valence-corrected chi connectivity index (χ3v) is 3.49. The number of hydrogen-bond donors (Lipinski definition) is 3. The first-order chi connectivity index (χ1) is 9.56. The average Bonchev–Trinajstić information content (AvgIpc) is 2.89. The summed E-state index contributed by atoms with van der Waals surface area (Å²) in [5, 5.41) is 2.76. The molecule has 6 heteroatoms. The number of rotatable bonds is 4. The fraction of sp³-hybridized carbons (Fsp3) is 0.429. The molecule has 3 amide bonds. The van der Waals surface area contributed by atoms with Crippen LogP contribution in [0, 0.1) is 0 Å². The molecule has 0 heterocycles. The van der Waals surface area contributed by atoms with Crippen LogP contribution in [0.25, 0.3) is 0 Å². The normalized spacial score (nSPS) is 15.0. The number of carbonyl (C=O) groups is 2. The molecule has 1 aliphatic rings. The Balaban J connectivity index is 2.07. The van der Waals surface area contributed by atoms with E-state index in [1.807, 2.05) is 0 Å². The van der Waals surface area contributed by atoms with Crippen LogP contribution in [0.1, 0.15) is 25.7 Å². The van der Waals surface area contributed by atoms with Crippen molar-refractivity contribution in [2.24, 2.45) is 5.73 Å². The third-order valence-electron chi connectivity index (χ3n) is 3.49. The Morgan fingerprint density at radius 2 is 2.00 bits per heavy atom. The Morgan fingerprint density at radius 3 is 2.60 bits per heavy atom. The van der Waals surface area contributed by atoms with Crippen molar-refractivity contribution >= 4 is 23.3 Å². The summed E-state index contributed by atoms with van der Waals surface area (Å²) in [7, 11) is 0. The van der Waals surface area contributed by atoms with Gasteiger partial charge in [-0.1, -0.05) is 18.9 Å². The summed E-state index contributed by atoms with van der Waals surface area (Å²) < 4.78 is 0. The number of urea groups is 1. The molecule has 1 saturated carbocycles. The van der Waals surface area contributed by atoms with E-state index in [4.69, 9.17) is 11.5 Å². The largest absolute Gasteiger partial charge is 0.399 e. The summed E-state index contributed by atoms with van der Waals surface area (Å²) in [6.45, 7) is -0.0567. The Kier molecular flexibility index (Phi) is 4.45. The second-order valence-electron chi connectivity index (χ2n) is 5.09. The van der Waals surface area contributed by atoms with Crippen molar-refractivity contribution < 1.29 is 9.59 Å². The van der Waals surface area contributed by atoms with Gasteiger partial charge in [0.2, 0.25) is 5.91 Å². The minimum atomic E-state index is -0.500. The van der Waals surface area contributed by atoms with Gasteiger partial charge >= 0.3 is 6.03 Å². The van der Waals surface area contributed by atoms with Crippen LogP contribution in [0.3, 0.4) is 0 Å². The molecule has 0 atom stereocenters. The standard InChI is InChI=1S/C14H20N4O2/c15-10-4-3-5-11(8-10)17-14(20)18(9-13(16)19)12-6-1-2-7-12/h3-5,8,12H,1-2,6-7,9,15H2,(H2,16,19)(H,17,20). The molecule has 1 aromatic rings. The Hall–Kier alpha value is -2.24. The number of carbonyl (C=O) groups excluding carboxylic acids is 2. The molecule has 0 bridgehead atoms. The smallest absolute Gasteiger partial charge is 0.322 e. The second-order valence-corrected chi connectivity index (χ2v) is 5.09. The number of benzene rings is 1. The van der Waals surface area contributed by atoms with Gasteiger partial charge in [-0.2, -0.15) is 0 Å². The van der Waals surface area contributed by atoms with Crippen molar-refractivity contribution in [3.05, 3.63) is 24.3 Å². The zero-order chi connectivity index (χ0) is 14.5. The first-order valence-corrected chi connectivity index (χ1v) is 6.78. The number of primary amides is 1. The van der Waals surface area contributed by atoms with Gasteiger partial charge in [0, 0.05) is 17.4 Å². The number of nitrogens with zero attached hydrogens (tertiary/aromatic N) is 1. The summed E-state index contributed by atoms with van der Waals surface area (Å²) in [6.07, 6.45) is 3.98. The lowest BCUT2D eigenvalue weighted by Crippen LogP contribution is -2.46. The number of hydrogen-bond acceptors (Lipinski definition) is 3. The quantitative estimate of drug-likeness (QED) is 0.727. The molecule has 108 valence electrons. The number of nitrogens with one attached hydrogen (secondary N) is 1. The molecule has 5 N–H and O–H groups in total. The van der Waals surface area contributed by atoms with Crippen molar-refractivity contribution in [2.75, 3.05) is 17.6 Å². The number of anilines is 2. The molecule has 0 saturated heterocycles. The second kappa shape index (κ2) is 6.27. The topological polar surface area (TPSA) is 101 Å². The Labute approximate surface area is 118 Å². The molecule has 0 radical (unpaired) electrons. The van der Waals surface area contributed by atoms with Crippen molar-refractivity contribution in [1.82, 2.24) is 4.90 Å². The molecule has 20 heavy (non-hydrogen) atoms. The zero-order valence-corrected chi connectivity index (χ0v) is 11.3. The van der Waals surface area contributed by atoms with E-state index in [0.29, 0.717) is 11.4 Å². The maximum absolute atomic E-state index is 12.3. The van der Waals surface area contributed by atoms with Crippen LogP contribution >= 0.6 is 0 Å². The lowest BCUT2D eigenvalue weighted by molar-refractivity contribution is -0.118. The van der Waals surface area contributed by atoms with Gasteiger partial charge in [0.05, 0.1) is 0 Å². The van der Waals surface area contributed by atoms with Gasteiger partial charge in [0.25, 0.3) is 0 Å². The van der Waals surface area contributed by atoms with Crippen LogP contribution in [0.2, 0.25) is 0 Å². The molecule has 1 fully saturated rings. The van der Waals surface area contributed by atoms with E-state index in [0.717, 1.165) is 25.7 Å². The lowest BCUT2D eigenvalue weighted by Gasteiger charge is -2.27. The van der Waals surface area contributed by atoms with Gasteiger partial charge in [-0.15, -0.1) is 0 Å². The van der Waals surface area contributed by atoms with Crippen LogP contribution < -0.4 is 16.8 Å². The monoisotopic (exact) mass is 276 g/mol. The van der Waals surface area contributed by atoms with Crippen LogP contribution in [-0.2, 0) is 4.79 Å². The molecule has 0 aliphatic heterocycles. The zero-order valence-electron chi connectivity index (χ0n) is 11.3. The van der Waals surface area contributed by atoms with Crippen molar-refractivity contribution in [2.45, 2.75) is 31.7 Å². The first-order valence-electron chi connectivity index (χ1n) is 6.78. The SMILES string of the molecule is NC(=O)CN(C(=O)Nc1cccc(N)c1)C1CCCC1. The van der Waals surface area contributed by atoms with Crippen molar-refractivity contribution in [1.29, 1.82) is 0 Å². The predicted octanol–water partition coefficient (Wildman–Crippen LogP) is 1.53. The van der Waals surface area contributed by atoms with E-state index in [-0.39, 0.29) is 18.6 Å². The Bertz CT molecular complexity index is 498. The van der Waals surface area contributed by atoms with E-state index in [2.05, 4.69) is 5.32 Å². The fourth-order valence-corrected chi connectivity index (χ4v) is 2.56. The fourth-order valence-electron chi connectivity index (χ4n) is 2.56. The van der Waals surface area contributed by atoms with Gasteiger partial charge in [0.1, 0.15) is 6.54 Å². The maximum Gasteiger partial charge on any atom is 0.322 e. The van der Waals surface area contributed by atoms with Crippen LogP contribution in [0.15, 0.2) is 24.3 Å². The molecule has 0 aromatic heterocycles. The van der Waals surface area contributed by atoms with Crippen LogP contribution in [0.4, 0.5) is 16.2 Å². The highest BCUT2D eigenvalue weighted by Gasteiger charge is 2.27. The summed E-state index contributed by atoms with van der Waals surface area (Å²) in [4.78, 5) is 25.0. The lowest BCUT2D eigenvalue weighted by atomic mass is 10.2. The molecule has 2 rings (SSSR count). The predicted molar refractivity (Wildman–Crippen MR) is 78.0 cm³/mol. The molecule has 1 aromatic carbocycles. The average molecular weight is 276 g/mol. The Morgan fingerprint density at radius 1 is 1.30 bits per heavy atom. The molecule has 6 nitrogen and oxygen atoms in total. The summed E-state index contributed by atoms with van der Waals surface area (Å²) in [6, 6.07) is 6.72. The summed E-state index contributed by atoms with van der Waals surface area (Å²) >= 11 is 0.